The summed E-state index contributed by atoms with van der Waals surface area (Å²) < 4.78 is 0. The van der Waals surface area contributed by atoms with Gasteiger partial charge in [0.15, 0.2) is 17.3 Å². The zero-order valence-corrected chi connectivity index (χ0v) is 18.1. The monoisotopic (exact) mass is 433 g/mol. The Hall–Kier alpha value is -2.88. The molecule has 6 nitrogen and oxygen atoms in total. The Kier molecular flexibility index (Phi) is 5.17. The number of aromatic nitrogens is 2. The number of anilines is 2. The topological polar surface area (TPSA) is 65.6 Å². The van der Waals surface area contributed by atoms with Gasteiger partial charge in [-0.15, -0.1) is 10.2 Å². The van der Waals surface area contributed by atoms with Gasteiger partial charge in [0.05, 0.1) is 12.7 Å². The summed E-state index contributed by atoms with van der Waals surface area (Å²) in [5.41, 5.74) is 2.68. The number of aliphatic hydroxyl groups is 1. The lowest BCUT2D eigenvalue weighted by Crippen LogP contribution is -2.24. The van der Waals surface area contributed by atoms with Crippen molar-refractivity contribution in [2.45, 2.75) is 32.4 Å². The van der Waals surface area contributed by atoms with E-state index in [1.54, 1.807) is 0 Å². The lowest BCUT2D eigenvalue weighted by atomic mass is 10.0. The molecule has 2 unspecified atom stereocenters. The molecule has 158 valence electrons. The standard InChI is InChI=1S/C24H24ClN5O/c1-14-3-4-15(7-22(14)25)11-27-23-21-10-18(26-2)5-6-20(21)24(29-28-23)30-12-16-8-19(31)9-17(16)13-30/h3-7,10,16-17,19,31H,8-9,11-13H2,1H3,(H,27,28). The van der Waals surface area contributed by atoms with Gasteiger partial charge < -0.3 is 15.3 Å². The minimum Gasteiger partial charge on any atom is -0.393 e. The highest BCUT2D eigenvalue weighted by Gasteiger charge is 2.41. The highest BCUT2D eigenvalue weighted by Crippen LogP contribution is 2.41. The molecular formula is C24H24ClN5O. The number of hydrogen-bond donors (Lipinski definition) is 2. The van der Waals surface area contributed by atoms with Crippen LogP contribution in [0.3, 0.4) is 0 Å². The third-order valence-electron chi connectivity index (χ3n) is 6.59. The normalized spacial score (nSPS) is 22.5. The number of aliphatic hydroxyl groups excluding tert-OH is 1. The fourth-order valence-electron chi connectivity index (χ4n) is 4.93. The Balaban J connectivity index is 1.46. The molecule has 1 saturated heterocycles. The predicted molar refractivity (Wildman–Crippen MR) is 124 cm³/mol. The van der Waals surface area contributed by atoms with Gasteiger partial charge in [-0.2, -0.15) is 0 Å². The minimum atomic E-state index is -0.164. The maximum Gasteiger partial charge on any atom is 0.188 e. The number of aryl methyl sites for hydroxylation is 1. The fraction of sp³-hybridized carbons (Fsp3) is 0.375. The highest BCUT2D eigenvalue weighted by molar-refractivity contribution is 6.31. The quantitative estimate of drug-likeness (QED) is 0.569. The van der Waals surface area contributed by atoms with E-state index in [0.29, 0.717) is 29.9 Å². The van der Waals surface area contributed by atoms with Gasteiger partial charge in [0, 0.05) is 35.4 Å². The molecular weight excluding hydrogens is 410 g/mol. The van der Waals surface area contributed by atoms with Crippen molar-refractivity contribution in [3.8, 4) is 0 Å². The van der Waals surface area contributed by atoms with E-state index in [1.165, 1.54) is 0 Å². The molecule has 5 rings (SSSR count). The zero-order valence-electron chi connectivity index (χ0n) is 17.3. The largest absolute Gasteiger partial charge is 0.393 e. The number of benzene rings is 2. The zero-order chi connectivity index (χ0) is 21.5. The average Bonchev–Trinajstić information content (AvgIpc) is 3.31. The molecule has 2 aliphatic rings. The van der Waals surface area contributed by atoms with Crippen molar-refractivity contribution in [3.05, 3.63) is 64.0 Å². The van der Waals surface area contributed by atoms with Crippen LogP contribution in [0, 0.1) is 25.3 Å². The Morgan fingerprint density at radius 1 is 1.13 bits per heavy atom. The number of fused-ring (bicyclic) bond motifs is 2. The van der Waals surface area contributed by atoms with Crippen LogP contribution in [-0.2, 0) is 6.54 Å². The summed E-state index contributed by atoms with van der Waals surface area (Å²) in [7, 11) is 0. The van der Waals surface area contributed by atoms with E-state index in [0.717, 1.165) is 58.7 Å². The van der Waals surface area contributed by atoms with E-state index in [-0.39, 0.29) is 6.10 Å². The summed E-state index contributed by atoms with van der Waals surface area (Å²) >= 11 is 6.26. The van der Waals surface area contributed by atoms with E-state index in [9.17, 15) is 5.11 Å². The Morgan fingerprint density at radius 3 is 2.61 bits per heavy atom. The second kappa shape index (κ2) is 7.99. The molecule has 2 N–H and O–H groups in total. The maximum absolute atomic E-state index is 9.95. The molecule has 1 aliphatic carbocycles. The van der Waals surface area contributed by atoms with Gasteiger partial charge in [-0.1, -0.05) is 35.9 Å². The van der Waals surface area contributed by atoms with Crippen LogP contribution in [0.15, 0.2) is 36.4 Å². The predicted octanol–water partition coefficient (Wildman–Crippen LogP) is 4.96. The number of rotatable bonds is 4. The number of halogens is 1. The molecule has 3 aromatic rings. The first kappa shape index (κ1) is 20.0. The van der Waals surface area contributed by atoms with Crippen molar-refractivity contribution in [1.82, 2.24) is 10.2 Å². The van der Waals surface area contributed by atoms with Crippen LogP contribution in [0.25, 0.3) is 15.6 Å². The molecule has 2 atom stereocenters. The van der Waals surface area contributed by atoms with Crippen LogP contribution in [0.5, 0.6) is 0 Å². The number of nitrogens with one attached hydrogen (secondary N) is 1. The molecule has 2 fully saturated rings. The molecule has 7 heteroatoms. The van der Waals surface area contributed by atoms with E-state index in [4.69, 9.17) is 18.2 Å². The Bertz CT molecular complexity index is 1180. The molecule has 1 aliphatic heterocycles. The molecule has 0 spiro atoms. The molecule has 1 saturated carbocycles. The smallest absolute Gasteiger partial charge is 0.188 e. The second-order valence-electron chi connectivity index (χ2n) is 8.70. The van der Waals surface area contributed by atoms with Crippen molar-refractivity contribution in [1.29, 1.82) is 0 Å². The molecule has 2 heterocycles. The van der Waals surface area contributed by atoms with Crippen molar-refractivity contribution in [3.63, 3.8) is 0 Å². The summed E-state index contributed by atoms with van der Waals surface area (Å²) in [6, 6.07) is 11.7. The van der Waals surface area contributed by atoms with Gasteiger partial charge in [-0.3, -0.25) is 0 Å². The maximum atomic E-state index is 9.95. The van der Waals surface area contributed by atoms with Crippen LogP contribution in [-0.4, -0.2) is 34.5 Å². The first-order valence-corrected chi connectivity index (χ1v) is 11.0. The molecule has 0 bridgehead atoms. The van der Waals surface area contributed by atoms with Gasteiger partial charge in [-0.05, 0) is 54.9 Å². The van der Waals surface area contributed by atoms with Crippen LogP contribution in [0.1, 0.15) is 24.0 Å². The van der Waals surface area contributed by atoms with E-state index in [1.807, 2.05) is 43.3 Å². The average molecular weight is 434 g/mol. The van der Waals surface area contributed by atoms with E-state index < -0.39 is 0 Å². The van der Waals surface area contributed by atoms with Gasteiger partial charge >= 0.3 is 0 Å². The van der Waals surface area contributed by atoms with Gasteiger partial charge in [0.1, 0.15) is 0 Å². The summed E-state index contributed by atoms with van der Waals surface area (Å²) in [6.07, 6.45) is 1.57. The summed E-state index contributed by atoms with van der Waals surface area (Å²) in [5, 5.41) is 25.0. The van der Waals surface area contributed by atoms with Gasteiger partial charge in [0.2, 0.25) is 0 Å². The van der Waals surface area contributed by atoms with Gasteiger partial charge in [-0.25, -0.2) is 4.85 Å². The number of nitrogens with zero attached hydrogens (tertiary/aromatic N) is 4. The first-order chi connectivity index (χ1) is 15.0. The molecule has 0 radical (unpaired) electrons. The molecule has 0 amide bonds. The highest BCUT2D eigenvalue weighted by atomic mass is 35.5. The SMILES string of the molecule is [C-]#[N+]c1ccc2c(N3CC4CC(O)CC4C3)nnc(NCc3ccc(C)c(Cl)c3)c2c1. The van der Waals surface area contributed by atoms with Crippen molar-refractivity contribution in [2.75, 3.05) is 23.3 Å². The summed E-state index contributed by atoms with van der Waals surface area (Å²) in [4.78, 5) is 5.89. The van der Waals surface area contributed by atoms with Crippen LogP contribution in [0.2, 0.25) is 5.02 Å². The third-order valence-corrected chi connectivity index (χ3v) is 7.00. The molecule has 31 heavy (non-hydrogen) atoms. The molecule has 2 aromatic carbocycles. The number of hydrogen-bond acceptors (Lipinski definition) is 5. The second-order valence-corrected chi connectivity index (χ2v) is 9.11. The van der Waals surface area contributed by atoms with Crippen LogP contribution in [0.4, 0.5) is 17.3 Å². The minimum absolute atomic E-state index is 0.164. The fourth-order valence-corrected chi connectivity index (χ4v) is 5.14. The van der Waals surface area contributed by atoms with Crippen molar-refractivity contribution in [2.24, 2.45) is 11.8 Å². The van der Waals surface area contributed by atoms with E-state index in [2.05, 4.69) is 25.3 Å². The summed E-state index contributed by atoms with van der Waals surface area (Å²) in [6.45, 7) is 11.8. The van der Waals surface area contributed by atoms with Crippen LogP contribution < -0.4 is 10.2 Å². The summed E-state index contributed by atoms with van der Waals surface area (Å²) in [5.74, 6) is 2.55. The lowest BCUT2D eigenvalue weighted by molar-refractivity contribution is 0.174. The lowest BCUT2D eigenvalue weighted by Gasteiger charge is -2.21. The van der Waals surface area contributed by atoms with Gasteiger partial charge in [0.25, 0.3) is 0 Å². The Morgan fingerprint density at radius 2 is 1.90 bits per heavy atom. The molecule has 1 aromatic heterocycles. The first-order valence-electron chi connectivity index (χ1n) is 10.6. The van der Waals surface area contributed by atoms with E-state index >= 15 is 0 Å². The third kappa shape index (κ3) is 3.80. The van der Waals surface area contributed by atoms with Crippen LogP contribution >= 0.6 is 11.6 Å². The van der Waals surface area contributed by atoms with Crippen molar-refractivity contribution >= 4 is 39.7 Å². The van der Waals surface area contributed by atoms with Crippen molar-refractivity contribution < 1.29 is 5.11 Å². The Labute approximate surface area is 186 Å².